The Morgan fingerprint density at radius 2 is 1.74 bits per heavy atom. The maximum atomic E-state index is 12.1. The van der Waals surface area contributed by atoms with Crippen LogP contribution in [0.5, 0.6) is 5.75 Å². The van der Waals surface area contributed by atoms with Crippen molar-refractivity contribution < 1.29 is 37.4 Å². The van der Waals surface area contributed by atoms with Gasteiger partial charge >= 0.3 is 12.6 Å². The van der Waals surface area contributed by atoms with Crippen molar-refractivity contribution in [3.8, 4) is 5.75 Å². The molecule has 1 aliphatic rings. The quantitative estimate of drug-likeness (QED) is 0.495. The van der Waals surface area contributed by atoms with Gasteiger partial charge in [-0.1, -0.05) is 12.1 Å². The fourth-order valence-electron chi connectivity index (χ4n) is 2.35. The molecule has 0 saturated carbocycles. The molecule has 0 atom stereocenters. The number of imide groups is 1. The van der Waals surface area contributed by atoms with Crippen LogP contribution in [0.1, 0.15) is 18.4 Å². The van der Waals surface area contributed by atoms with Crippen molar-refractivity contribution in [2.75, 3.05) is 19.7 Å². The molecule has 27 heavy (non-hydrogen) atoms. The van der Waals surface area contributed by atoms with Crippen molar-refractivity contribution in [1.82, 2.24) is 10.2 Å². The van der Waals surface area contributed by atoms with E-state index < -0.39 is 43.5 Å². The van der Waals surface area contributed by atoms with Crippen LogP contribution < -0.4 is 10.1 Å². The van der Waals surface area contributed by atoms with Gasteiger partial charge in [-0.15, -0.1) is 0 Å². The molecule has 1 saturated heterocycles. The molecule has 1 N–H and O–H groups in total. The van der Waals surface area contributed by atoms with Crippen LogP contribution in [0.3, 0.4) is 0 Å². The first kappa shape index (κ1) is 20.3. The number of halogens is 2. The van der Waals surface area contributed by atoms with Gasteiger partial charge in [-0.05, 0) is 24.1 Å². The van der Waals surface area contributed by atoms with E-state index in [1.54, 1.807) is 12.1 Å². The molecular formula is C17H18F2N2O6. The number of nitrogens with one attached hydrogen (secondary N) is 1. The summed E-state index contributed by atoms with van der Waals surface area (Å²) in [5.41, 5.74) is 0.792. The molecule has 1 aliphatic heterocycles. The van der Waals surface area contributed by atoms with E-state index in [1.165, 1.54) is 12.1 Å². The number of rotatable bonds is 9. The Hall–Kier alpha value is -3.04. The molecule has 3 amide bonds. The zero-order valence-electron chi connectivity index (χ0n) is 14.3. The summed E-state index contributed by atoms with van der Waals surface area (Å²) in [6.45, 7) is -3.68. The second-order valence-electron chi connectivity index (χ2n) is 5.66. The molecule has 0 unspecified atom stereocenters. The second kappa shape index (κ2) is 9.60. The average molecular weight is 384 g/mol. The van der Waals surface area contributed by atoms with Crippen LogP contribution in [0.15, 0.2) is 24.3 Å². The average Bonchev–Trinajstić information content (AvgIpc) is 2.93. The Morgan fingerprint density at radius 1 is 1.11 bits per heavy atom. The summed E-state index contributed by atoms with van der Waals surface area (Å²) < 4.78 is 33.1. The third-order valence-corrected chi connectivity index (χ3v) is 3.69. The number of carbonyl (C=O) groups is 4. The lowest BCUT2D eigenvalue weighted by Gasteiger charge is -2.12. The van der Waals surface area contributed by atoms with Crippen LogP contribution in [0.2, 0.25) is 0 Å². The summed E-state index contributed by atoms with van der Waals surface area (Å²) in [4.78, 5) is 46.8. The fraction of sp³-hybridized carbons (Fsp3) is 0.412. The lowest BCUT2D eigenvalue weighted by molar-refractivity contribution is -0.154. The van der Waals surface area contributed by atoms with Gasteiger partial charge in [-0.3, -0.25) is 24.1 Å². The topological polar surface area (TPSA) is 102 Å². The van der Waals surface area contributed by atoms with Crippen LogP contribution >= 0.6 is 0 Å². The number of ether oxygens (including phenoxy) is 2. The highest BCUT2D eigenvalue weighted by molar-refractivity contribution is 6.04. The fourth-order valence-corrected chi connectivity index (χ4v) is 2.35. The second-order valence-corrected chi connectivity index (χ2v) is 5.66. The standard InChI is InChI=1S/C17H18F2N2O6/c18-17(19)27-12-3-1-11(2-4-12)7-8-20-13(22)10-26-16(25)9-21-14(23)5-6-15(21)24/h1-4,17H,5-10H2,(H,20,22). The van der Waals surface area contributed by atoms with Gasteiger partial charge in [-0.25, -0.2) is 0 Å². The van der Waals surface area contributed by atoms with Crippen molar-refractivity contribution in [2.24, 2.45) is 0 Å². The van der Waals surface area contributed by atoms with Crippen molar-refractivity contribution in [1.29, 1.82) is 0 Å². The van der Waals surface area contributed by atoms with Gasteiger partial charge in [0.1, 0.15) is 12.3 Å². The summed E-state index contributed by atoms with van der Waals surface area (Å²) >= 11 is 0. The molecule has 1 heterocycles. The molecule has 0 aliphatic carbocycles. The highest BCUT2D eigenvalue weighted by Gasteiger charge is 2.31. The molecule has 0 aromatic heterocycles. The summed E-state index contributed by atoms with van der Waals surface area (Å²) in [6.07, 6.45) is 0.578. The van der Waals surface area contributed by atoms with Gasteiger partial charge in [0, 0.05) is 19.4 Å². The SMILES string of the molecule is O=C(COC(=O)CN1C(=O)CCC1=O)NCCc1ccc(OC(F)F)cc1. The Kier molecular flexibility index (Phi) is 7.21. The largest absolute Gasteiger partial charge is 0.454 e. The zero-order chi connectivity index (χ0) is 19.8. The number of amides is 3. The van der Waals surface area contributed by atoms with E-state index >= 15 is 0 Å². The minimum atomic E-state index is -2.89. The van der Waals surface area contributed by atoms with Crippen molar-refractivity contribution in [3.63, 3.8) is 0 Å². The number of carbonyl (C=O) groups excluding carboxylic acids is 4. The predicted octanol–water partition coefficient (Wildman–Crippen LogP) is 0.639. The first-order valence-corrected chi connectivity index (χ1v) is 8.14. The van der Waals surface area contributed by atoms with E-state index in [-0.39, 0.29) is 25.1 Å². The highest BCUT2D eigenvalue weighted by Crippen LogP contribution is 2.15. The first-order valence-electron chi connectivity index (χ1n) is 8.14. The van der Waals surface area contributed by atoms with Gasteiger partial charge in [-0.2, -0.15) is 8.78 Å². The summed E-state index contributed by atoms with van der Waals surface area (Å²) in [5.74, 6) is -2.22. The lowest BCUT2D eigenvalue weighted by atomic mass is 10.1. The molecule has 0 radical (unpaired) electrons. The Labute approximate surface area is 153 Å². The van der Waals surface area contributed by atoms with Crippen LogP contribution in [0.4, 0.5) is 8.78 Å². The van der Waals surface area contributed by atoms with E-state index in [4.69, 9.17) is 4.74 Å². The zero-order valence-corrected chi connectivity index (χ0v) is 14.3. The molecule has 8 nitrogen and oxygen atoms in total. The molecule has 1 aromatic carbocycles. The predicted molar refractivity (Wildman–Crippen MR) is 86.7 cm³/mol. The number of esters is 1. The summed E-state index contributed by atoms with van der Waals surface area (Å²) in [5, 5.41) is 2.53. The normalized spacial score (nSPS) is 13.8. The minimum absolute atomic E-state index is 0.0414. The maximum Gasteiger partial charge on any atom is 0.387 e. The number of likely N-dealkylation sites (tertiary alicyclic amines) is 1. The lowest BCUT2D eigenvalue weighted by Crippen LogP contribution is -2.37. The van der Waals surface area contributed by atoms with Crippen LogP contribution in [-0.4, -0.2) is 54.9 Å². The Balaban J connectivity index is 1.63. The molecule has 146 valence electrons. The number of hydrogen-bond donors (Lipinski definition) is 1. The molecule has 10 heteroatoms. The number of hydrogen-bond acceptors (Lipinski definition) is 6. The molecular weight excluding hydrogens is 366 g/mol. The van der Waals surface area contributed by atoms with Crippen molar-refractivity contribution in [3.05, 3.63) is 29.8 Å². The third-order valence-electron chi connectivity index (χ3n) is 3.69. The number of alkyl halides is 2. The summed E-state index contributed by atoms with van der Waals surface area (Å²) in [6, 6.07) is 5.97. The third kappa shape index (κ3) is 6.65. The van der Waals surface area contributed by atoms with Crippen molar-refractivity contribution >= 4 is 23.7 Å². The van der Waals surface area contributed by atoms with Crippen LogP contribution in [0, 0.1) is 0 Å². The smallest absolute Gasteiger partial charge is 0.387 e. The molecule has 1 fully saturated rings. The Morgan fingerprint density at radius 3 is 2.33 bits per heavy atom. The van der Waals surface area contributed by atoms with E-state index in [1.807, 2.05) is 0 Å². The summed E-state index contributed by atoms with van der Waals surface area (Å²) in [7, 11) is 0. The molecule has 0 spiro atoms. The Bertz CT molecular complexity index is 692. The van der Waals surface area contributed by atoms with E-state index in [0.717, 1.165) is 10.5 Å². The first-order chi connectivity index (χ1) is 12.8. The molecule has 1 aromatic rings. The van der Waals surface area contributed by atoms with Crippen LogP contribution in [-0.2, 0) is 30.3 Å². The molecule has 0 bridgehead atoms. The monoisotopic (exact) mass is 384 g/mol. The van der Waals surface area contributed by atoms with Crippen molar-refractivity contribution in [2.45, 2.75) is 25.9 Å². The van der Waals surface area contributed by atoms with Gasteiger partial charge in [0.2, 0.25) is 11.8 Å². The van der Waals surface area contributed by atoms with E-state index in [0.29, 0.717) is 6.42 Å². The van der Waals surface area contributed by atoms with Gasteiger partial charge in [0.15, 0.2) is 6.61 Å². The maximum absolute atomic E-state index is 12.1. The van der Waals surface area contributed by atoms with Gasteiger partial charge < -0.3 is 14.8 Å². The number of benzene rings is 1. The van der Waals surface area contributed by atoms with Gasteiger partial charge in [0.25, 0.3) is 5.91 Å². The molecule has 2 rings (SSSR count). The van der Waals surface area contributed by atoms with E-state index in [2.05, 4.69) is 10.1 Å². The van der Waals surface area contributed by atoms with E-state index in [9.17, 15) is 28.0 Å². The van der Waals surface area contributed by atoms with Gasteiger partial charge in [0.05, 0.1) is 0 Å². The minimum Gasteiger partial charge on any atom is -0.454 e. The van der Waals surface area contributed by atoms with Crippen LogP contribution in [0.25, 0.3) is 0 Å². The highest BCUT2D eigenvalue weighted by atomic mass is 19.3. The number of nitrogens with zero attached hydrogens (tertiary/aromatic N) is 1.